The number of benzene rings is 3. The van der Waals surface area contributed by atoms with Crippen molar-refractivity contribution >= 4 is 28.5 Å². The Balaban J connectivity index is 0.993. The van der Waals surface area contributed by atoms with Crippen LogP contribution in [0.1, 0.15) is 60.4 Å². The van der Waals surface area contributed by atoms with Crippen LogP contribution in [0.3, 0.4) is 0 Å². The third-order valence-corrected chi connectivity index (χ3v) is 10.5. The van der Waals surface area contributed by atoms with Crippen LogP contribution in [-0.4, -0.2) is 77.5 Å². The first-order valence-corrected chi connectivity index (χ1v) is 17.6. The molecule has 3 aliphatic heterocycles. The van der Waals surface area contributed by atoms with E-state index in [4.69, 9.17) is 0 Å². The Morgan fingerprint density at radius 3 is 2.47 bits per heavy atom. The maximum atomic E-state index is 13.1. The van der Waals surface area contributed by atoms with Crippen LogP contribution >= 0.6 is 0 Å². The molecule has 4 N–H and O–H groups in total. The van der Waals surface area contributed by atoms with E-state index in [1.165, 1.54) is 16.7 Å². The van der Waals surface area contributed by atoms with Gasteiger partial charge in [0.2, 0.25) is 11.8 Å². The molecule has 7 rings (SSSR count). The van der Waals surface area contributed by atoms with E-state index in [1.807, 2.05) is 53.9 Å². The van der Waals surface area contributed by atoms with Crippen LogP contribution in [0.25, 0.3) is 11.0 Å². The highest BCUT2D eigenvalue weighted by molar-refractivity contribution is 6.00. The maximum absolute atomic E-state index is 13.1. The zero-order valence-corrected chi connectivity index (χ0v) is 28.4. The Hall–Kier alpha value is -4.51. The van der Waals surface area contributed by atoms with Crippen molar-refractivity contribution < 1.29 is 9.59 Å². The number of aromatic nitrogens is 2. The van der Waals surface area contributed by atoms with E-state index >= 15 is 0 Å². The Morgan fingerprint density at radius 1 is 0.939 bits per heavy atom. The maximum Gasteiger partial charge on any atom is 0.326 e. The molecular formula is C39H47N7O3. The number of fused-ring (bicyclic) bond motifs is 2. The highest BCUT2D eigenvalue weighted by atomic mass is 16.2. The fourth-order valence-electron chi connectivity index (χ4n) is 7.99. The number of nitrogens with one attached hydrogen (secondary N) is 4. The average Bonchev–Trinajstić information content (AvgIpc) is 3.43. The molecule has 0 spiro atoms. The summed E-state index contributed by atoms with van der Waals surface area (Å²) in [6.07, 6.45) is 6.91. The van der Waals surface area contributed by atoms with Gasteiger partial charge in [0, 0.05) is 68.5 Å². The van der Waals surface area contributed by atoms with Gasteiger partial charge in [0.25, 0.3) is 0 Å². The van der Waals surface area contributed by atoms with Gasteiger partial charge in [-0.25, -0.2) is 4.79 Å². The minimum atomic E-state index is -0.190. The lowest BCUT2D eigenvalue weighted by Gasteiger charge is -2.44. The average molecular weight is 662 g/mol. The van der Waals surface area contributed by atoms with E-state index in [0.717, 1.165) is 62.9 Å². The third-order valence-electron chi connectivity index (χ3n) is 10.5. The number of H-pyrrole nitrogens is 1. The number of piperidine rings is 3. The molecular weight excluding hydrogens is 614 g/mol. The number of likely N-dealkylation sites (tertiary alicyclic amines) is 1. The standard InChI is InChI=1S/C39H47N7O3/c1-44(2)20-6-9-36(47)41-29-14-15-34-35(23-29)46(39(49)43-34)30-17-21-45(22-18-30)25-26-10-12-28(13-11-26)37-31(27-7-4-3-5-8-27)24-32-33(42-37)16-19-40-38(32)48/h3-15,23,30-33,37,42H,16-22,24-25H2,1-2H3,(H,40,48)(H,41,47)(H,43,49)/b9-6+. The first-order chi connectivity index (χ1) is 23.8. The number of carbonyl (C=O) groups is 2. The first kappa shape index (κ1) is 33.0. The van der Waals surface area contributed by atoms with E-state index in [2.05, 4.69) is 74.4 Å². The van der Waals surface area contributed by atoms with Gasteiger partial charge in [-0.15, -0.1) is 0 Å². The summed E-state index contributed by atoms with van der Waals surface area (Å²) in [6, 6.07) is 25.6. The van der Waals surface area contributed by atoms with Crippen LogP contribution in [-0.2, 0) is 16.1 Å². The summed E-state index contributed by atoms with van der Waals surface area (Å²) in [5.74, 6) is 0.210. The second-order valence-corrected chi connectivity index (χ2v) is 14.1. The Labute approximate surface area is 287 Å². The molecule has 0 radical (unpaired) electrons. The summed E-state index contributed by atoms with van der Waals surface area (Å²) in [5, 5.41) is 9.89. The summed E-state index contributed by atoms with van der Waals surface area (Å²) in [5.41, 5.74) is 5.96. The van der Waals surface area contributed by atoms with Gasteiger partial charge in [-0.2, -0.15) is 0 Å². The summed E-state index contributed by atoms with van der Waals surface area (Å²) >= 11 is 0. The van der Waals surface area contributed by atoms with Crippen LogP contribution in [0, 0.1) is 5.92 Å². The highest BCUT2D eigenvalue weighted by Gasteiger charge is 2.42. The molecule has 4 heterocycles. The van der Waals surface area contributed by atoms with Crippen LogP contribution in [0.5, 0.6) is 0 Å². The largest absolute Gasteiger partial charge is 0.356 e. The zero-order chi connectivity index (χ0) is 33.9. The zero-order valence-electron chi connectivity index (χ0n) is 28.4. The van der Waals surface area contributed by atoms with Gasteiger partial charge in [-0.1, -0.05) is 60.7 Å². The fraction of sp³-hybridized carbons (Fsp3) is 0.410. The lowest BCUT2D eigenvalue weighted by Crippen LogP contribution is -2.56. The van der Waals surface area contributed by atoms with Gasteiger partial charge in [-0.05, 0) is 74.7 Å². The third kappa shape index (κ3) is 7.41. The number of anilines is 1. The second-order valence-electron chi connectivity index (χ2n) is 14.1. The molecule has 4 atom stereocenters. The van der Waals surface area contributed by atoms with Gasteiger partial charge in [0.15, 0.2) is 0 Å². The number of nitrogens with zero attached hydrogens (tertiary/aromatic N) is 3. The van der Waals surface area contributed by atoms with E-state index in [-0.39, 0.29) is 47.5 Å². The first-order valence-electron chi connectivity index (χ1n) is 17.6. The van der Waals surface area contributed by atoms with E-state index in [1.54, 1.807) is 6.08 Å². The van der Waals surface area contributed by atoms with Crippen molar-refractivity contribution in [1.82, 2.24) is 30.0 Å². The normalized spacial score (nSPS) is 23.5. The van der Waals surface area contributed by atoms with Crippen molar-refractivity contribution in [2.45, 2.75) is 56.3 Å². The van der Waals surface area contributed by atoms with Crippen molar-refractivity contribution in [3.63, 3.8) is 0 Å². The van der Waals surface area contributed by atoms with Crippen LogP contribution in [0.2, 0.25) is 0 Å². The molecule has 4 aromatic rings. The number of carbonyl (C=O) groups excluding carboxylic acids is 2. The lowest BCUT2D eigenvalue weighted by molar-refractivity contribution is -0.129. The molecule has 1 aromatic heterocycles. The van der Waals surface area contributed by atoms with Gasteiger partial charge in [0.05, 0.1) is 17.0 Å². The summed E-state index contributed by atoms with van der Waals surface area (Å²) < 4.78 is 1.87. The smallest absolute Gasteiger partial charge is 0.326 e. The number of aromatic amines is 1. The number of rotatable bonds is 9. The quantitative estimate of drug-likeness (QED) is 0.196. The summed E-state index contributed by atoms with van der Waals surface area (Å²) in [4.78, 5) is 45.7. The number of amides is 2. The van der Waals surface area contributed by atoms with Crippen molar-refractivity contribution in [3.8, 4) is 0 Å². The second kappa shape index (κ2) is 14.5. The minimum absolute atomic E-state index is 0.000847. The van der Waals surface area contributed by atoms with Crippen molar-refractivity contribution in [1.29, 1.82) is 0 Å². The number of imidazole rings is 1. The monoisotopic (exact) mass is 661 g/mol. The molecule has 2 amide bonds. The molecule has 256 valence electrons. The molecule has 10 heteroatoms. The summed E-state index contributed by atoms with van der Waals surface area (Å²) in [6.45, 7) is 4.06. The topological polar surface area (TPSA) is 114 Å². The van der Waals surface area contributed by atoms with Crippen LogP contribution in [0.15, 0.2) is 89.7 Å². The van der Waals surface area contributed by atoms with E-state index in [0.29, 0.717) is 12.2 Å². The molecule has 0 bridgehead atoms. The van der Waals surface area contributed by atoms with E-state index in [9.17, 15) is 14.4 Å². The summed E-state index contributed by atoms with van der Waals surface area (Å²) in [7, 11) is 3.91. The van der Waals surface area contributed by atoms with Crippen molar-refractivity contribution in [3.05, 3.63) is 112 Å². The van der Waals surface area contributed by atoms with Gasteiger partial charge < -0.3 is 25.8 Å². The minimum Gasteiger partial charge on any atom is -0.356 e. The number of hydrogen-bond donors (Lipinski definition) is 4. The molecule has 0 aliphatic carbocycles. The molecule has 4 unspecified atom stereocenters. The van der Waals surface area contributed by atoms with E-state index < -0.39 is 0 Å². The van der Waals surface area contributed by atoms with Gasteiger partial charge in [0.1, 0.15) is 0 Å². The molecule has 3 fully saturated rings. The predicted molar refractivity (Wildman–Crippen MR) is 193 cm³/mol. The number of hydrogen-bond acceptors (Lipinski definition) is 6. The van der Waals surface area contributed by atoms with Gasteiger partial charge >= 0.3 is 5.69 Å². The Kier molecular flexibility index (Phi) is 9.79. The molecule has 49 heavy (non-hydrogen) atoms. The number of likely N-dealkylation sites (N-methyl/N-ethyl adjacent to an activating group) is 1. The molecule has 3 aromatic carbocycles. The van der Waals surface area contributed by atoms with Crippen molar-refractivity contribution in [2.24, 2.45) is 5.92 Å². The lowest BCUT2D eigenvalue weighted by atomic mass is 9.72. The van der Waals surface area contributed by atoms with Crippen molar-refractivity contribution in [2.75, 3.05) is 45.6 Å². The Morgan fingerprint density at radius 2 is 1.71 bits per heavy atom. The predicted octanol–water partition coefficient (Wildman–Crippen LogP) is 4.55. The molecule has 10 nitrogen and oxygen atoms in total. The molecule has 3 saturated heterocycles. The van der Waals surface area contributed by atoms with Gasteiger partial charge in [-0.3, -0.25) is 19.1 Å². The fourth-order valence-corrected chi connectivity index (χ4v) is 7.99. The molecule has 3 aliphatic rings. The Bertz CT molecular complexity index is 1850. The van der Waals surface area contributed by atoms with Crippen LogP contribution in [0.4, 0.5) is 5.69 Å². The SMILES string of the molecule is CN(C)C/C=C/C(=O)Nc1ccc2[nH]c(=O)n(C3CCN(Cc4ccc(C5NC6CCNC(=O)C6CC5c5ccccc5)cc4)CC3)c2c1. The highest BCUT2D eigenvalue weighted by Crippen LogP contribution is 2.43. The van der Waals surface area contributed by atoms with Crippen LogP contribution < -0.4 is 21.6 Å². The molecule has 0 saturated carbocycles.